The predicted octanol–water partition coefficient (Wildman–Crippen LogP) is 2.42. The Balaban J connectivity index is 2.67. The van der Waals surface area contributed by atoms with E-state index in [2.05, 4.69) is 0 Å². The van der Waals surface area contributed by atoms with E-state index < -0.39 is 0 Å². The first-order valence-electron chi connectivity index (χ1n) is 5.20. The minimum absolute atomic E-state index is 0.0373. The Morgan fingerprint density at radius 1 is 1.06 bits per heavy atom. The second kappa shape index (κ2) is 5.39. The van der Waals surface area contributed by atoms with Gasteiger partial charge in [0.15, 0.2) is 23.1 Å². The highest BCUT2D eigenvalue weighted by Gasteiger charge is 2.14. The van der Waals surface area contributed by atoms with Crippen molar-refractivity contribution in [1.29, 1.82) is 0 Å². The lowest BCUT2D eigenvalue weighted by molar-refractivity contribution is -0.116. The van der Waals surface area contributed by atoms with Gasteiger partial charge in [0.25, 0.3) is 0 Å². The number of hydrogen-bond donors (Lipinski definition) is 0. The van der Waals surface area contributed by atoms with Crippen LogP contribution in [0.4, 0.5) is 0 Å². The number of Topliss-reactive ketones (excluding diaryl/α,β-unsaturated/α-hetero) is 3. The third kappa shape index (κ3) is 3.15. The molecule has 1 rings (SSSR count). The molecule has 16 heavy (non-hydrogen) atoms. The van der Waals surface area contributed by atoms with Crippen LogP contribution in [0.5, 0.6) is 0 Å². The van der Waals surface area contributed by atoms with Crippen molar-refractivity contribution in [2.75, 3.05) is 0 Å². The molecule has 0 N–H and O–H groups in total. The molecule has 0 aliphatic rings. The van der Waals surface area contributed by atoms with Gasteiger partial charge >= 0.3 is 0 Å². The normalized spacial score (nSPS) is 10.1. The Bertz CT molecular complexity index is 414. The van der Waals surface area contributed by atoms with Crippen molar-refractivity contribution >= 4 is 17.3 Å². The van der Waals surface area contributed by atoms with E-state index in [9.17, 15) is 14.4 Å². The summed E-state index contributed by atoms with van der Waals surface area (Å²) in [6.45, 7) is 3.16. The minimum atomic E-state index is -0.245. The molecule has 0 radical (unpaired) electrons. The van der Waals surface area contributed by atoms with Gasteiger partial charge in [-0.1, -0.05) is 6.92 Å². The molecule has 4 nitrogen and oxygen atoms in total. The Morgan fingerprint density at radius 3 is 2.12 bits per heavy atom. The topological polar surface area (TPSA) is 64.3 Å². The van der Waals surface area contributed by atoms with Gasteiger partial charge in [0, 0.05) is 19.3 Å². The first-order chi connectivity index (χ1) is 7.54. The van der Waals surface area contributed by atoms with E-state index in [4.69, 9.17) is 4.42 Å². The van der Waals surface area contributed by atoms with E-state index in [1.165, 1.54) is 19.1 Å². The van der Waals surface area contributed by atoms with Gasteiger partial charge in [-0.25, -0.2) is 0 Å². The second-order valence-electron chi connectivity index (χ2n) is 3.57. The highest BCUT2D eigenvalue weighted by Crippen LogP contribution is 2.13. The molecule has 0 unspecified atom stereocenters. The highest BCUT2D eigenvalue weighted by molar-refractivity contribution is 5.98. The lowest BCUT2D eigenvalue weighted by atomic mass is 10.1. The highest BCUT2D eigenvalue weighted by atomic mass is 16.4. The summed E-state index contributed by atoms with van der Waals surface area (Å²) in [6, 6.07) is 2.97. The standard InChI is InChI=1S/C12H14O4/c1-3-9(14)11-6-7-12(16-11)10(15)5-4-8(2)13/h6-7H,3-5H2,1-2H3. The summed E-state index contributed by atoms with van der Waals surface area (Å²) in [5.74, 6) is -0.0625. The summed E-state index contributed by atoms with van der Waals surface area (Å²) in [6.07, 6.45) is 0.674. The van der Waals surface area contributed by atoms with E-state index >= 15 is 0 Å². The van der Waals surface area contributed by atoms with Crippen molar-refractivity contribution in [2.24, 2.45) is 0 Å². The number of rotatable bonds is 6. The molecule has 1 aromatic heterocycles. The van der Waals surface area contributed by atoms with Crippen molar-refractivity contribution in [1.82, 2.24) is 0 Å². The number of furan rings is 1. The van der Waals surface area contributed by atoms with Crippen molar-refractivity contribution in [2.45, 2.75) is 33.1 Å². The summed E-state index contributed by atoms with van der Waals surface area (Å²) in [5.41, 5.74) is 0. The van der Waals surface area contributed by atoms with Crippen molar-refractivity contribution < 1.29 is 18.8 Å². The zero-order chi connectivity index (χ0) is 12.1. The third-order valence-electron chi connectivity index (χ3n) is 2.18. The molecule has 0 saturated heterocycles. The summed E-state index contributed by atoms with van der Waals surface area (Å²) in [5, 5.41) is 0. The van der Waals surface area contributed by atoms with Crippen LogP contribution in [0.1, 0.15) is 54.2 Å². The SMILES string of the molecule is CCC(=O)c1ccc(C(=O)CCC(C)=O)o1. The Morgan fingerprint density at radius 2 is 1.62 bits per heavy atom. The van der Waals surface area contributed by atoms with Gasteiger partial charge in [-0.15, -0.1) is 0 Å². The molecule has 1 heterocycles. The first kappa shape index (κ1) is 12.4. The molecule has 0 bridgehead atoms. The summed E-state index contributed by atoms with van der Waals surface area (Å²) in [4.78, 5) is 33.5. The predicted molar refractivity (Wildman–Crippen MR) is 57.6 cm³/mol. The Hall–Kier alpha value is -1.71. The van der Waals surface area contributed by atoms with E-state index in [1.807, 2.05) is 0 Å². The maximum atomic E-state index is 11.5. The van der Waals surface area contributed by atoms with Crippen LogP contribution in [0.3, 0.4) is 0 Å². The molecule has 0 aliphatic heterocycles. The molecule has 0 amide bonds. The number of carbonyl (C=O) groups excluding carboxylic acids is 3. The first-order valence-corrected chi connectivity index (χ1v) is 5.20. The molecule has 86 valence electrons. The van der Waals surface area contributed by atoms with Gasteiger partial charge in [0.2, 0.25) is 0 Å². The Labute approximate surface area is 93.6 Å². The fourth-order valence-electron chi connectivity index (χ4n) is 1.22. The molecular weight excluding hydrogens is 208 g/mol. The molecule has 0 atom stereocenters. The second-order valence-corrected chi connectivity index (χ2v) is 3.57. The fourth-order valence-corrected chi connectivity index (χ4v) is 1.22. The fraction of sp³-hybridized carbons (Fsp3) is 0.417. The van der Waals surface area contributed by atoms with E-state index in [0.29, 0.717) is 6.42 Å². The number of ketones is 3. The van der Waals surface area contributed by atoms with Crippen LogP contribution in [-0.2, 0) is 4.79 Å². The maximum absolute atomic E-state index is 11.5. The van der Waals surface area contributed by atoms with Crippen LogP contribution >= 0.6 is 0 Å². The van der Waals surface area contributed by atoms with Gasteiger partial charge in [-0.05, 0) is 19.1 Å². The summed E-state index contributed by atoms with van der Waals surface area (Å²) < 4.78 is 5.12. The van der Waals surface area contributed by atoms with Crippen molar-refractivity contribution in [3.05, 3.63) is 23.7 Å². The summed E-state index contributed by atoms with van der Waals surface area (Å²) >= 11 is 0. The van der Waals surface area contributed by atoms with Crippen LogP contribution in [0, 0.1) is 0 Å². The van der Waals surface area contributed by atoms with Gasteiger partial charge in [0.1, 0.15) is 5.78 Å². The molecule has 0 spiro atoms. The number of carbonyl (C=O) groups is 3. The number of hydrogen-bond acceptors (Lipinski definition) is 4. The molecule has 0 aromatic carbocycles. The largest absolute Gasteiger partial charge is 0.450 e. The third-order valence-corrected chi connectivity index (χ3v) is 2.18. The minimum Gasteiger partial charge on any atom is -0.450 e. The zero-order valence-electron chi connectivity index (χ0n) is 9.41. The summed E-state index contributed by atoms with van der Waals surface area (Å²) in [7, 11) is 0. The quantitative estimate of drug-likeness (QED) is 0.693. The zero-order valence-corrected chi connectivity index (χ0v) is 9.41. The Kier molecular flexibility index (Phi) is 4.17. The van der Waals surface area contributed by atoms with Crippen molar-refractivity contribution in [3.63, 3.8) is 0 Å². The van der Waals surface area contributed by atoms with Crippen LogP contribution in [0.15, 0.2) is 16.5 Å². The van der Waals surface area contributed by atoms with E-state index in [0.717, 1.165) is 0 Å². The van der Waals surface area contributed by atoms with Gasteiger partial charge in [-0.3, -0.25) is 9.59 Å². The van der Waals surface area contributed by atoms with Gasteiger partial charge in [0.05, 0.1) is 0 Å². The molecule has 0 fully saturated rings. The smallest absolute Gasteiger partial charge is 0.198 e. The van der Waals surface area contributed by atoms with Crippen LogP contribution < -0.4 is 0 Å². The lowest BCUT2D eigenvalue weighted by Crippen LogP contribution is -2.01. The average molecular weight is 222 g/mol. The van der Waals surface area contributed by atoms with Crippen molar-refractivity contribution in [3.8, 4) is 0 Å². The van der Waals surface area contributed by atoms with Crippen LogP contribution in [-0.4, -0.2) is 17.3 Å². The molecule has 4 heteroatoms. The lowest BCUT2D eigenvalue weighted by Gasteiger charge is -1.95. The molecular formula is C12H14O4. The molecule has 0 saturated carbocycles. The maximum Gasteiger partial charge on any atom is 0.198 e. The van der Waals surface area contributed by atoms with Gasteiger partial charge < -0.3 is 9.21 Å². The average Bonchev–Trinajstić information content (AvgIpc) is 2.74. The molecule has 0 aliphatic carbocycles. The van der Waals surface area contributed by atoms with Gasteiger partial charge in [-0.2, -0.15) is 0 Å². The monoisotopic (exact) mass is 222 g/mol. The molecule has 1 aromatic rings. The van der Waals surface area contributed by atoms with E-state index in [1.54, 1.807) is 6.92 Å². The van der Waals surface area contributed by atoms with E-state index in [-0.39, 0.29) is 41.7 Å². The van der Waals surface area contributed by atoms with Crippen LogP contribution in [0.2, 0.25) is 0 Å². The van der Waals surface area contributed by atoms with Crippen LogP contribution in [0.25, 0.3) is 0 Å².